The van der Waals surface area contributed by atoms with E-state index in [1.54, 1.807) is 11.1 Å². The molecule has 2 N–H and O–H groups in total. The maximum Gasteiger partial charge on any atom is 0.311 e. The van der Waals surface area contributed by atoms with Crippen molar-refractivity contribution < 1.29 is 19.7 Å². The van der Waals surface area contributed by atoms with E-state index in [9.17, 15) is 15.0 Å². The molecule has 0 bridgehead atoms. The molecule has 4 rings (SSSR count). The fraction of sp³-hybridized carbons (Fsp3) is 0.885. The van der Waals surface area contributed by atoms with Crippen molar-refractivity contribution in [2.75, 3.05) is 6.61 Å². The highest BCUT2D eigenvalue weighted by molar-refractivity contribution is 5.75. The molecule has 3 saturated carbocycles. The van der Waals surface area contributed by atoms with Gasteiger partial charge in [0.1, 0.15) is 6.10 Å². The molecule has 0 aliphatic heterocycles. The summed E-state index contributed by atoms with van der Waals surface area (Å²) < 4.78 is 5.96. The second-order valence-electron chi connectivity index (χ2n) is 12.1. The van der Waals surface area contributed by atoms with E-state index in [1.165, 1.54) is 0 Å². The van der Waals surface area contributed by atoms with Crippen LogP contribution in [0, 0.1) is 34.0 Å². The summed E-state index contributed by atoms with van der Waals surface area (Å²) in [5.41, 5.74) is 2.87. The van der Waals surface area contributed by atoms with Gasteiger partial charge in [-0.3, -0.25) is 4.79 Å². The maximum atomic E-state index is 12.5. The molecule has 0 aromatic rings. The molecule has 0 spiro atoms. The number of allylic oxidation sites excluding steroid dienone is 2. The molecule has 0 amide bonds. The summed E-state index contributed by atoms with van der Waals surface area (Å²) in [4.78, 5) is 12.5. The maximum absolute atomic E-state index is 12.5. The van der Waals surface area contributed by atoms with Gasteiger partial charge in [0.15, 0.2) is 0 Å². The minimum absolute atomic E-state index is 0.0243. The quantitative estimate of drug-likeness (QED) is 0.499. The largest absolute Gasteiger partial charge is 0.462 e. The summed E-state index contributed by atoms with van der Waals surface area (Å²) in [5, 5.41) is 20.8. The van der Waals surface area contributed by atoms with Crippen LogP contribution in [0.15, 0.2) is 11.1 Å². The zero-order valence-electron chi connectivity index (χ0n) is 19.7. The minimum atomic E-state index is -0.468. The fourth-order valence-electron chi connectivity index (χ4n) is 7.79. The first kappa shape index (κ1) is 22.3. The molecule has 3 fully saturated rings. The second kappa shape index (κ2) is 7.62. The summed E-state index contributed by atoms with van der Waals surface area (Å²) in [5.74, 6) is 1.20. The molecule has 0 saturated heterocycles. The molecule has 4 aliphatic carbocycles. The van der Waals surface area contributed by atoms with Gasteiger partial charge in [0.25, 0.3) is 0 Å². The van der Waals surface area contributed by atoms with Crippen LogP contribution in [-0.2, 0) is 9.53 Å². The molecule has 170 valence electrons. The summed E-state index contributed by atoms with van der Waals surface area (Å²) in [7, 11) is 0. The first-order valence-corrected chi connectivity index (χ1v) is 12.3. The molecular formula is C26H42O4. The number of hydrogen-bond acceptors (Lipinski definition) is 4. The number of esters is 1. The molecule has 30 heavy (non-hydrogen) atoms. The second-order valence-corrected chi connectivity index (χ2v) is 12.1. The first-order chi connectivity index (χ1) is 14.0. The van der Waals surface area contributed by atoms with Crippen LogP contribution in [0.25, 0.3) is 0 Å². The van der Waals surface area contributed by atoms with Crippen molar-refractivity contribution in [1.29, 1.82) is 0 Å². The lowest BCUT2D eigenvalue weighted by atomic mass is 9.48. The number of carbonyl (C=O) groups is 1. The molecule has 4 nitrogen and oxygen atoms in total. The Morgan fingerprint density at radius 3 is 2.57 bits per heavy atom. The van der Waals surface area contributed by atoms with Crippen LogP contribution in [0.3, 0.4) is 0 Å². The van der Waals surface area contributed by atoms with Gasteiger partial charge in [0.05, 0.1) is 11.5 Å². The van der Waals surface area contributed by atoms with E-state index >= 15 is 0 Å². The Hall–Kier alpha value is -0.870. The van der Waals surface area contributed by atoms with Gasteiger partial charge in [-0.15, -0.1) is 0 Å². The monoisotopic (exact) mass is 418 g/mol. The molecule has 4 aliphatic rings. The Kier molecular flexibility index (Phi) is 5.67. The van der Waals surface area contributed by atoms with Gasteiger partial charge in [-0.1, -0.05) is 18.1 Å². The van der Waals surface area contributed by atoms with Crippen molar-refractivity contribution in [3.8, 4) is 0 Å². The summed E-state index contributed by atoms with van der Waals surface area (Å²) in [6.45, 7) is 10.5. The lowest BCUT2D eigenvalue weighted by molar-refractivity contribution is -0.162. The van der Waals surface area contributed by atoms with Gasteiger partial charge in [0.2, 0.25) is 0 Å². The van der Waals surface area contributed by atoms with Crippen LogP contribution in [0.4, 0.5) is 0 Å². The van der Waals surface area contributed by atoms with Crippen LogP contribution >= 0.6 is 0 Å². The third kappa shape index (κ3) is 3.37. The van der Waals surface area contributed by atoms with Gasteiger partial charge in [-0.05, 0) is 103 Å². The van der Waals surface area contributed by atoms with Crippen LogP contribution in [0.5, 0.6) is 0 Å². The normalized spacial score (nSPS) is 42.2. The number of rotatable bonds is 3. The average Bonchev–Trinajstić information content (AvgIpc) is 3.04. The Bertz CT molecular complexity index is 719. The number of ether oxygens (including phenoxy) is 1. The molecule has 0 heterocycles. The topological polar surface area (TPSA) is 66.8 Å². The predicted octanol–water partition coefficient (Wildman–Crippen LogP) is 5.02. The molecule has 4 heteroatoms. The van der Waals surface area contributed by atoms with Crippen molar-refractivity contribution in [1.82, 2.24) is 0 Å². The Morgan fingerprint density at radius 1 is 1.17 bits per heavy atom. The average molecular weight is 419 g/mol. The van der Waals surface area contributed by atoms with Crippen molar-refractivity contribution in [3.63, 3.8) is 0 Å². The van der Waals surface area contributed by atoms with Crippen molar-refractivity contribution >= 4 is 5.97 Å². The van der Waals surface area contributed by atoms with Gasteiger partial charge in [-0.25, -0.2) is 0 Å². The fourth-order valence-corrected chi connectivity index (χ4v) is 7.79. The van der Waals surface area contributed by atoms with Crippen molar-refractivity contribution in [2.24, 2.45) is 34.0 Å². The Morgan fingerprint density at radius 2 is 1.90 bits per heavy atom. The number of hydrogen-bond donors (Lipinski definition) is 2. The van der Waals surface area contributed by atoms with E-state index in [4.69, 9.17) is 4.74 Å². The van der Waals surface area contributed by atoms with E-state index in [2.05, 4.69) is 13.8 Å². The zero-order valence-corrected chi connectivity index (χ0v) is 19.7. The predicted molar refractivity (Wildman–Crippen MR) is 118 cm³/mol. The Balaban J connectivity index is 1.61. The van der Waals surface area contributed by atoms with E-state index in [0.717, 1.165) is 57.8 Å². The minimum Gasteiger partial charge on any atom is -0.462 e. The molecular weight excluding hydrogens is 376 g/mol. The van der Waals surface area contributed by atoms with Gasteiger partial charge < -0.3 is 14.9 Å². The highest BCUT2D eigenvalue weighted by Gasteiger charge is 2.57. The zero-order chi connectivity index (χ0) is 21.9. The molecule has 0 aromatic carbocycles. The molecule has 0 aromatic heterocycles. The lowest BCUT2D eigenvalue weighted by Gasteiger charge is -2.57. The number of aliphatic hydroxyl groups excluding tert-OH is 2. The van der Waals surface area contributed by atoms with Crippen LogP contribution in [0.1, 0.15) is 92.4 Å². The summed E-state index contributed by atoms with van der Waals surface area (Å²) in [6.07, 6.45) is 9.06. The van der Waals surface area contributed by atoms with E-state index in [-0.39, 0.29) is 35.6 Å². The van der Waals surface area contributed by atoms with Crippen LogP contribution < -0.4 is 0 Å². The summed E-state index contributed by atoms with van der Waals surface area (Å²) >= 11 is 0. The third-order valence-electron chi connectivity index (χ3n) is 9.51. The van der Waals surface area contributed by atoms with E-state index in [0.29, 0.717) is 17.8 Å². The highest BCUT2D eigenvalue weighted by atomic mass is 16.5. The number of aliphatic hydroxyl groups is 2. The number of fused-ring (bicyclic) bond motifs is 4. The van der Waals surface area contributed by atoms with Crippen LogP contribution in [-0.4, -0.2) is 35.0 Å². The molecule has 3 unspecified atom stereocenters. The van der Waals surface area contributed by atoms with E-state index < -0.39 is 5.41 Å². The van der Waals surface area contributed by atoms with Crippen molar-refractivity contribution in [2.45, 2.75) is 105 Å². The number of carbonyl (C=O) groups excluding carboxylic acids is 1. The van der Waals surface area contributed by atoms with Crippen molar-refractivity contribution in [3.05, 3.63) is 11.1 Å². The SMILES string of the molecule is CC(OC(=O)C(C)(C)C)[C@H]1CCC2=C3CCC4CC(O)CC[C@]4(CO)[C@H]3CC[C@@]21C. The van der Waals surface area contributed by atoms with Gasteiger partial charge >= 0.3 is 5.97 Å². The third-order valence-corrected chi connectivity index (χ3v) is 9.51. The van der Waals surface area contributed by atoms with Gasteiger partial charge in [-0.2, -0.15) is 0 Å². The molecule has 0 radical (unpaired) electrons. The summed E-state index contributed by atoms with van der Waals surface area (Å²) in [6, 6.07) is 0. The van der Waals surface area contributed by atoms with E-state index in [1.807, 2.05) is 20.8 Å². The highest BCUT2D eigenvalue weighted by Crippen LogP contribution is 2.65. The smallest absolute Gasteiger partial charge is 0.311 e. The molecule has 7 atom stereocenters. The lowest BCUT2D eigenvalue weighted by Crippen LogP contribution is -2.52. The van der Waals surface area contributed by atoms with Crippen LogP contribution in [0.2, 0.25) is 0 Å². The Labute approximate surface area is 182 Å². The standard InChI is InChI=1S/C26H42O4/c1-16(30-23(29)24(2,3)4)20-8-9-21-19-7-6-17-14-18(28)10-13-26(17,15-27)22(19)11-12-25(20,21)5/h16-18,20,22,27-28H,6-15H2,1-5H3/t16?,17?,18?,20-,22+,25-,26-/m1/s1. The first-order valence-electron chi connectivity index (χ1n) is 12.3. The van der Waals surface area contributed by atoms with Gasteiger partial charge in [0, 0.05) is 17.9 Å².